The molecule has 1 unspecified atom stereocenters. The summed E-state index contributed by atoms with van der Waals surface area (Å²) in [7, 11) is 1.21. The van der Waals surface area contributed by atoms with Gasteiger partial charge in [0.05, 0.1) is 19.2 Å². The van der Waals surface area contributed by atoms with Crippen molar-refractivity contribution in [3.63, 3.8) is 0 Å². The topological polar surface area (TPSA) is 73.9 Å². The summed E-state index contributed by atoms with van der Waals surface area (Å²) in [4.78, 5) is 11.6. The molecule has 0 amide bonds. The highest BCUT2D eigenvalue weighted by Crippen LogP contribution is 2.50. The molecule has 1 fully saturated rings. The molecule has 0 aliphatic heterocycles. The SMILES string of the molecule is C#CC(C(=O)OC)(C(C#N)C#N)C1CC1. The molecule has 1 aliphatic rings. The van der Waals surface area contributed by atoms with Crippen molar-refractivity contribution in [1.29, 1.82) is 10.5 Å². The lowest BCUT2D eigenvalue weighted by atomic mass is 9.73. The maximum absolute atomic E-state index is 11.6. The molecule has 76 valence electrons. The number of nitriles is 2. The van der Waals surface area contributed by atoms with Crippen molar-refractivity contribution in [2.75, 3.05) is 7.11 Å². The van der Waals surface area contributed by atoms with Gasteiger partial charge in [-0.05, 0) is 18.8 Å². The van der Waals surface area contributed by atoms with E-state index in [4.69, 9.17) is 16.9 Å². The average Bonchev–Trinajstić information content (AvgIpc) is 3.09. The molecule has 0 bridgehead atoms. The molecule has 1 rings (SSSR count). The number of nitrogens with zero attached hydrogens (tertiary/aromatic N) is 2. The van der Waals surface area contributed by atoms with E-state index in [1.807, 2.05) is 0 Å². The van der Waals surface area contributed by atoms with E-state index in [2.05, 4.69) is 10.7 Å². The van der Waals surface area contributed by atoms with E-state index in [0.717, 1.165) is 12.8 Å². The summed E-state index contributed by atoms with van der Waals surface area (Å²) in [6, 6.07) is 3.55. The van der Waals surface area contributed by atoms with Gasteiger partial charge in [-0.25, -0.2) is 0 Å². The third-order valence-electron chi connectivity index (χ3n) is 2.70. The molecule has 0 N–H and O–H groups in total. The fourth-order valence-corrected chi connectivity index (χ4v) is 1.72. The maximum Gasteiger partial charge on any atom is 0.326 e. The van der Waals surface area contributed by atoms with E-state index in [0.29, 0.717) is 0 Å². The van der Waals surface area contributed by atoms with Crippen molar-refractivity contribution in [2.45, 2.75) is 12.8 Å². The largest absolute Gasteiger partial charge is 0.468 e. The fourth-order valence-electron chi connectivity index (χ4n) is 1.72. The smallest absolute Gasteiger partial charge is 0.326 e. The van der Waals surface area contributed by atoms with Crippen LogP contribution in [0.3, 0.4) is 0 Å². The summed E-state index contributed by atoms with van der Waals surface area (Å²) >= 11 is 0. The van der Waals surface area contributed by atoms with Crippen LogP contribution in [0.25, 0.3) is 0 Å². The quantitative estimate of drug-likeness (QED) is 0.502. The molecule has 0 spiro atoms. The second kappa shape index (κ2) is 4.03. The van der Waals surface area contributed by atoms with E-state index in [1.165, 1.54) is 7.11 Å². The van der Waals surface area contributed by atoms with Crippen molar-refractivity contribution in [1.82, 2.24) is 0 Å². The number of hydrogen-bond acceptors (Lipinski definition) is 4. The van der Waals surface area contributed by atoms with Gasteiger partial charge in [0.2, 0.25) is 0 Å². The summed E-state index contributed by atoms with van der Waals surface area (Å²) < 4.78 is 4.61. The zero-order valence-electron chi connectivity index (χ0n) is 8.36. The molecule has 0 aromatic heterocycles. The first-order chi connectivity index (χ1) is 7.17. The number of methoxy groups -OCH3 is 1. The van der Waals surface area contributed by atoms with Crippen LogP contribution in [0.4, 0.5) is 0 Å². The summed E-state index contributed by atoms with van der Waals surface area (Å²) in [6.07, 6.45) is 6.85. The van der Waals surface area contributed by atoms with Crippen LogP contribution in [-0.2, 0) is 9.53 Å². The Kier molecular flexibility index (Phi) is 2.98. The molecule has 0 aromatic rings. The van der Waals surface area contributed by atoms with Crippen LogP contribution in [0.15, 0.2) is 0 Å². The lowest BCUT2D eigenvalue weighted by Crippen LogP contribution is -2.39. The molecule has 1 atom stereocenters. The highest BCUT2D eigenvalue weighted by atomic mass is 16.5. The summed E-state index contributed by atoms with van der Waals surface area (Å²) in [6.45, 7) is 0. The lowest BCUT2D eigenvalue weighted by Gasteiger charge is -2.25. The standard InChI is InChI=1S/C11H10N2O2/c1-3-11(8-4-5-8,10(14)15-2)9(6-12)7-13/h1,8-9H,4-5H2,2H3. The second-order valence-corrected chi connectivity index (χ2v) is 3.47. The predicted octanol–water partition coefficient (Wildman–Crippen LogP) is 0.852. The molecule has 0 saturated heterocycles. The zero-order valence-corrected chi connectivity index (χ0v) is 8.36. The first kappa shape index (κ1) is 11.1. The summed E-state index contributed by atoms with van der Waals surface area (Å²) in [5, 5.41) is 17.7. The Labute approximate surface area is 88.4 Å². The molecule has 0 radical (unpaired) electrons. The van der Waals surface area contributed by atoms with E-state index in [1.54, 1.807) is 12.1 Å². The van der Waals surface area contributed by atoms with Crippen molar-refractivity contribution >= 4 is 5.97 Å². The van der Waals surface area contributed by atoms with Crippen LogP contribution < -0.4 is 0 Å². The summed E-state index contributed by atoms with van der Waals surface area (Å²) in [5.74, 6) is 0.424. The Morgan fingerprint density at radius 1 is 1.53 bits per heavy atom. The van der Waals surface area contributed by atoms with Crippen molar-refractivity contribution in [3.8, 4) is 24.5 Å². The molecular weight excluding hydrogens is 192 g/mol. The Morgan fingerprint density at radius 3 is 2.33 bits per heavy atom. The Hall–Kier alpha value is -1.99. The van der Waals surface area contributed by atoms with E-state index in [-0.39, 0.29) is 5.92 Å². The number of terminal acetylenes is 1. The number of carbonyl (C=O) groups is 1. The van der Waals surface area contributed by atoms with Gasteiger partial charge in [-0.2, -0.15) is 10.5 Å². The monoisotopic (exact) mass is 202 g/mol. The Morgan fingerprint density at radius 2 is 2.07 bits per heavy atom. The molecule has 0 aromatic carbocycles. The lowest BCUT2D eigenvalue weighted by molar-refractivity contribution is -0.151. The normalized spacial score (nSPS) is 18.1. The molecular formula is C11H10N2O2. The van der Waals surface area contributed by atoms with Gasteiger partial charge in [0, 0.05) is 0 Å². The minimum atomic E-state index is -1.38. The number of carbonyl (C=O) groups excluding carboxylic acids is 1. The Balaban J connectivity index is 3.18. The van der Waals surface area contributed by atoms with Crippen LogP contribution in [0.5, 0.6) is 0 Å². The molecule has 4 nitrogen and oxygen atoms in total. The third-order valence-corrected chi connectivity index (χ3v) is 2.70. The Bertz CT molecular complexity index is 378. The first-order valence-corrected chi connectivity index (χ1v) is 4.52. The second-order valence-electron chi connectivity index (χ2n) is 3.47. The van der Waals surface area contributed by atoms with Crippen molar-refractivity contribution in [3.05, 3.63) is 0 Å². The van der Waals surface area contributed by atoms with Crippen LogP contribution in [-0.4, -0.2) is 13.1 Å². The van der Waals surface area contributed by atoms with Gasteiger partial charge < -0.3 is 4.74 Å². The van der Waals surface area contributed by atoms with Crippen molar-refractivity contribution < 1.29 is 9.53 Å². The van der Waals surface area contributed by atoms with Gasteiger partial charge >= 0.3 is 5.97 Å². The van der Waals surface area contributed by atoms with E-state index in [9.17, 15) is 4.79 Å². The predicted molar refractivity (Wildman–Crippen MR) is 50.7 cm³/mol. The number of esters is 1. The van der Waals surface area contributed by atoms with Gasteiger partial charge in [-0.1, -0.05) is 5.92 Å². The zero-order chi connectivity index (χ0) is 11.5. The van der Waals surface area contributed by atoms with Gasteiger partial charge in [-0.15, -0.1) is 6.42 Å². The maximum atomic E-state index is 11.6. The van der Waals surface area contributed by atoms with Crippen LogP contribution in [0.2, 0.25) is 0 Å². The van der Waals surface area contributed by atoms with Gasteiger partial charge in [0.25, 0.3) is 0 Å². The highest BCUT2D eigenvalue weighted by Gasteiger charge is 2.56. The first-order valence-electron chi connectivity index (χ1n) is 4.52. The molecule has 1 aliphatic carbocycles. The third kappa shape index (κ3) is 1.53. The van der Waals surface area contributed by atoms with Gasteiger partial charge in [-0.3, -0.25) is 4.79 Å². The van der Waals surface area contributed by atoms with Gasteiger partial charge in [0.1, 0.15) is 0 Å². The van der Waals surface area contributed by atoms with Crippen molar-refractivity contribution in [2.24, 2.45) is 17.3 Å². The van der Waals surface area contributed by atoms with Crippen LogP contribution in [0, 0.1) is 52.3 Å². The fraction of sp³-hybridized carbons (Fsp3) is 0.545. The molecule has 1 saturated carbocycles. The summed E-state index contributed by atoms with van der Waals surface area (Å²) in [5.41, 5.74) is -1.38. The molecule has 15 heavy (non-hydrogen) atoms. The number of hydrogen-bond donors (Lipinski definition) is 0. The average molecular weight is 202 g/mol. The minimum Gasteiger partial charge on any atom is -0.468 e. The number of ether oxygens (including phenoxy) is 1. The number of rotatable bonds is 3. The van der Waals surface area contributed by atoms with Crippen LogP contribution >= 0.6 is 0 Å². The van der Waals surface area contributed by atoms with Gasteiger partial charge in [0.15, 0.2) is 11.3 Å². The highest BCUT2D eigenvalue weighted by molar-refractivity contribution is 5.83. The van der Waals surface area contributed by atoms with E-state index >= 15 is 0 Å². The van der Waals surface area contributed by atoms with E-state index < -0.39 is 17.3 Å². The molecule has 0 heterocycles. The minimum absolute atomic E-state index is 0.0979. The van der Waals surface area contributed by atoms with Crippen LogP contribution in [0.1, 0.15) is 12.8 Å². The molecule has 4 heteroatoms.